The highest BCUT2D eigenvalue weighted by molar-refractivity contribution is 6.09. The van der Waals surface area contributed by atoms with Crippen LogP contribution in [0.5, 0.6) is 0 Å². The molecule has 0 spiro atoms. The van der Waals surface area contributed by atoms with Crippen molar-refractivity contribution in [3.05, 3.63) is 30.7 Å². The van der Waals surface area contributed by atoms with Crippen LogP contribution in [-0.2, 0) is 4.74 Å². The van der Waals surface area contributed by atoms with E-state index in [-0.39, 0.29) is 0 Å². The number of aromatic amines is 1. The van der Waals surface area contributed by atoms with Crippen LogP contribution >= 0.6 is 0 Å². The van der Waals surface area contributed by atoms with Gasteiger partial charge in [0.1, 0.15) is 0 Å². The van der Waals surface area contributed by atoms with Gasteiger partial charge in [-0.2, -0.15) is 0 Å². The molecule has 5 heteroatoms. The predicted molar refractivity (Wildman–Crippen MR) is 95.3 cm³/mol. The number of nitrogens with zero attached hydrogens (tertiary/aromatic N) is 3. The molecule has 0 amide bonds. The van der Waals surface area contributed by atoms with Crippen molar-refractivity contribution in [1.82, 2.24) is 15.0 Å². The third-order valence-corrected chi connectivity index (χ3v) is 5.25. The number of H-pyrrole nitrogens is 1. The molecule has 1 aliphatic heterocycles. The Morgan fingerprint density at radius 2 is 2.17 bits per heavy atom. The molecule has 2 fully saturated rings. The summed E-state index contributed by atoms with van der Waals surface area (Å²) < 4.78 is 6.17. The van der Waals surface area contributed by atoms with Gasteiger partial charge in [0.05, 0.1) is 17.8 Å². The standard InChI is InChI=1S/C19H22N4O/c1-2-14(24-12-13-3-4-13)11-23(9-1)17-6-8-20-16-10-22-19-15(18(16)17)5-7-21-19/h5-8,10,13-14,20H,1-4,9,11-12H2. The van der Waals surface area contributed by atoms with E-state index >= 15 is 0 Å². The van der Waals surface area contributed by atoms with E-state index in [0.29, 0.717) is 6.10 Å². The smallest absolute Gasteiger partial charge is 0.159 e. The maximum Gasteiger partial charge on any atom is 0.159 e. The number of aromatic nitrogens is 3. The Hall–Kier alpha value is -2.14. The molecular formula is C19H22N4O. The van der Waals surface area contributed by atoms with E-state index in [4.69, 9.17) is 4.74 Å². The number of fused-ring (bicyclic) bond motifs is 3. The number of piperidine rings is 1. The van der Waals surface area contributed by atoms with E-state index in [1.807, 2.05) is 18.6 Å². The first kappa shape index (κ1) is 14.2. The average Bonchev–Trinajstić information content (AvgIpc) is 3.34. The maximum atomic E-state index is 6.17. The van der Waals surface area contributed by atoms with E-state index in [1.165, 1.54) is 36.8 Å². The van der Waals surface area contributed by atoms with Gasteiger partial charge in [0.15, 0.2) is 5.65 Å². The molecule has 124 valence electrons. The van der Waals surface area contributed by atoms with Crippen molar-refractivity contribution in [2.75, 3.05) is 24.6 Å². The second-order valence-corrected chi connectivity index (χ2v) is 7.08. The number of hydrogen-bond donors (Lipinski definition) is 1. The number of nitrogens with one attached hydrogen (secondary N) is 1. The van der Waals surface area contributed by atoms with Crippen molar-refractivity contribution < 1.29 is 4.74 Å². The first-order chi connectivity index (χ1) is 11.9. The lowest BCUT2D eigenvalue weighted by molar-refractivity contribution is 0.0369. The van der Waals surface area contributed by atoms with Crippen molar-refractivity contribution in [3.8, 4) is 0 Å². The van der Waals surface area contributed by atoms with E-state index < -0.39 is 0 Å². The third-order valence-electron chi connectivity index (χ3n) is 5.25. The molecule has 1 saturated heterocycles. The number of anilines is 1. The molecular weight excluding hydrogens is 300 g/mol. The van der Waals surface area contributed by atoms with E-state index in [0.717, 1.165) is 42.2 Å². The minimum Gasteiger partial charge on any atom is -0.376 e. The highest BCUT2D eigenvalue weighted by Crippen LogP contribution is 2.34. The molecule has 5 rings (SSSR count). The Morgan fingerprint density at radius 1 is 1.21 bits per heavy atom. The molecule has 24 heavy (non-hydrogen) atoms. The summed E-state index contributed by atoms with van der Waals surface area (Å²) in [4.78, 5) is 14.6. The lowest BCUT2D eigenvalue weighted by Gasteiger charge is -2.35. The van der Waals surface area contributed by atoms with E-state index in [9.17, 15) is 0 Å². The number of rotatable bonds is 4. The Morgan fingerprint density at radius 3 is 3.08 bits per heavy atom. The van der Waals surface area contributed by atoms with Gasteiger partial charge in [0.2, 0.25) is 0 Å². The van der Waals surface area contributed by atoms with E-state index in [2.05, 4.69) is 32.0 Å². The Labute approximate surface area is 141 Å². The molecule has 1 N–H and O–H groups in total. The SMILES string of the molecule is c1cc2c(n1)ncc1[nH]ccc(N3CCCC(OCC4CC4)C3)c12. The van der Waals surface area contributed by atoms with Crippen molar-refractivity contribution in [3.63, 3.8) is 0 Å². The van der Waals surface area contributed by atoms with Crippen LogP contribution in [0.15, 0.2) is 30.7 Å². The molecule has 0 bridgehead atoms. The van der Waals surface area contributed by atoms with Crippen molar-refractivity contribution in [2.45, 2.75) is 31.8 Å². The number of hydrogen-bond acceptors (Lipinski definition) is 4. The lowest BCUT2D eigenvalue weighted by atomic mass is 10.1. The van der Waals surface area contributed by atoms with Crippen molar-refractivity contribution in [1.29, 1.82) is 0 Å². The predicted octanol–water partition coefficient (Wildman–Crippen LogP) is 3.51. The van der Waals surface area contributed by atoms with Gasteiger partial charge in [0.25, 0.3) is 0 Å². The summed E-state index contributed by atoms with van der Waals surface area (Å²) in [5.74, 6) is 0.827. The summed E-state index contributed by atoms with van der Waals surface area (Å²) in [6.07, 6.45) is 11.2. The summed E-state index contributed by atoms with van der Waals surface area (Å²) in [7, 11) is 0. The summed E-state index contributed by atoms with van der Waals surface area (Å²) >= 11 is 0. The molecule has 2 aliphatic rings. The van der Waals surface area contributed by atoms with Gasteiger partial charge in [0, 0.05) is 48.5 Å². The maximum absolute atomic E-state index is 6.17. The van der Waals surface area contributed by atoms with Crippen LogP contribution in [0.1, 0.15) is 25.7 Å². The zero-order chi connectivity index (χ0) is 15.9. The molecule has 1 atom stereocenters. The van der Waals surface area contributed by atoms with Crippen molar-refractivity contribution >= 4 is 27.6 Å². The first-order valence-corrected chi connectivity index (χ1v) is 8.96. The van der Waals surface area contributed by atoms with Gasteiger partial charge < -0.3 is 14.6 Å². The van der Waals surface area contributed by atoms with Crippen LogP contribution in [0.2, 0.25) is 0 Å². The van der Waals surface area contributed by atoms with Gasteiger partial charge in [-0.1, -0.05) is 0 Å². The molecule has 3 aromatic rings. The summed E-state index contributed by atoms with van der Waals surface area (Å²) in [6, 6.07) is 4.24. The fourth-order valence-corrected chi connectivity index (χ4v) is 3.75. The molecule has 4 heterocycles. The van der Waals surface area contributed by atoms with Gasteiger partial charge in [-0.25, -0.2) is 9.97 Å². The Kier molecular flexibility index (Phi) is 3.40. The van der Waals surface area contributed by atoms with Crippen LogP contribution in [-0.4, -0.2) is 40.8 Å². The van der Waals surface area contributed by atoms with Gasteiger partial charge in [-0.15, -0.1) is 0 Å². The van der Waals surface area contributed by atoms with Crippen LogP contribution in [0.4, 0.5) is 5.69 Å². The van der Waals surface area contributed by atoms with Gasteiger partial charge in [-0.3, -0.25) is 0 Å². The minimum atomic E-state index is 0.355. The van der Waals surface area contributed by atoms with Gasteiger partial charge in [-0.05, 0) is 43.7 Å². The lowest BCUT2D eigenvalue weighted by Crippen LogP contribution is -2.40. The normalized spacial score (nSPS) is 21.7. The van der Waals surface area contributed by atoms with Crippen LogP contribution < -0.4 is 4.90 Å². The largest absolute Gasteiger partial charge is 0.376 e. The topological polar surface area (TPSA) is 54.0 Å². The second-order valence-electron chi connectivity index (χ2n) is 7.08. The molecule has 1 aliphatic carbocycles. The fourth-order valence-electron chi connectivity index (χ4n) is 3.75. The molecule has 0 aromatic carbocycles. The fraction of sp³-hybridized carbons (Fsp3) is 0.474. The summed E-state index contributed by atoms with van der Waals surface area (Å²) in [6.45, 7) is 3.01. The molecule has 5 nitrogen and oxygen atoms in total. The van der Waals surface area contributed by atoms with Gasteiger partial charge >= 0.3 is 0 Å². The van der Waals surface area contributed by atoms with Crippen LogP contribution in [0.25, 0.3) is 21.9 Å². The molecule has 3 aromatic heterocycles. The average molecular weight is 322 g/mol. The zero-order valence-electron chi connectivity index (χ0n) is 13.7. The Bertz CT molecular complexity index is 870. The minimum absolute atomic E-state index is 0.355. The molecule has 1 saturated carbocycles. The second kappa shape index (κ2) is 5.74. The number of pyridine rings is 2. The van der Waals surface area contributed by atoms with Crippen molar-refractivity contribution in [2.24, 2.45) is 5.92 Å². The summed E-state index contributed by atoms with van der Waals surface area (Å²) in [5.41, 5.74) is 3.15. The third kappa shape index (κ3) is 2.53. The van der Waals surface area contributed by atoms with Crippen LogP contribution in [0, 0.1) is 5.92 Å². The quantitative estimate of drug-likeness (QED) is 0.798. The summed E-state index contributed by atoms with van der Waals surface area (Å²) in [5, 5.41) is 2.35. The first-order valence-electron chi connectivity index (χ1n) is 8.96. The van der Waals surface area contributed by atoms with E-state index in [1.54, 1.807) is 0 Å². The van der Waals surface area contributed by atoms with Crippen LogP contribution in [0.3, 0.4) is 0 Å². The highest BCUT2D eigenvalue weighted by atomic mass is 16.5. The number of ether oxygens (including phenoxy) is 1. The Balaban J connectivity index is 1.49. The molecule has 1 unspecified atom stereocenters. The monoisotopic (exact) mass is 322 g/mol. The highest BCUT2D eigenvalue weighted by Gasteiger charge is 2.26. The molecule has 0 radical (unpaired) electrons. The zero-order valence-corrected chi connectivity index (χ0v) is 13.7.